The van der Waals surface area contributed by atoms with Crippen LogP contribution in [0, 0.1) is 19.8 Å². The van der Waals surface area contributed by atoms with E-state index >= 15 is 0 Å². The van der Waals surface area contributed by atoms with Crippen LogP contribution in [0.4, 0.5) is 0 Å². The first-order chi connectivity index (χ1) is 16.2. The average Bonchev–Trinajstić information content (AvgIpc) is 3.08. The van der Waals surface area contributed by atoms with Crippen LogP contribution in [0.1, 0.15) is 37.0 Å². The zero-order chi connectivity index (χ0) is 24.8. The number of benzene rings is 2. The lowest BCUT2D eigenvalue weighted by Gasteiger charge is -2.24. The van der Waals surface area contributed by atoms with E-state index in [1.165, 1.54) is 4.90 Å². The van der Waals surface area contributed by atoms with E-state index in [4.69, 9.17) is 10.5 Å². The third kappa shape index (κ3) is 6.07. The van der Waals surface area contributed by atoms with Crippen molar-refractivity contribution in [2.24, 2.45) is 11.7 Å². The summed E-state index contributed by atoms with van der Waals surface area (Å²) in [4.78, 5) is 42.0. The van der Waals surface area contributed by atoms with E-state index in [9.17, 15) is 14.4 Å². The van der Waals surface area contributed by atoms with Gasteiger partial charge in [-0.1, -0.05) is 32.0 Å². The molecule has 0 atom stereocenters. The summed E-state index contributed by atoms with van der Waals surface area (Å²) in [6.45, 7) is 9.11. The summed E-state index contributed by atoms with van der Waals surface area (Å²) < 4.78 is 7.45. The number of hydrogen-bond acceptors (Lipinski definition) is 4. The highest BCUT2D eigenvalue weighted by molar-refractivity contribution is 5.90. The van der Waals surface area contributed by atoms with Crippen LogP contribution in [0.15, 0.2) is 41.2 Å². The number of para-hydroxylation sites is 1. The van der Waals surface area contributed by atoms with Crippen LogP contribution in [0.3, 0.4) is 0 Å². The van der Waals surface area contributed by atoms with Crippen molar-refractivity contribution in [3.8, 4) is 5.75 Å². The number of ether oxygens (including phenoxy) is 1. The van der Waals surface area contributed by atoms with E-state index in [2.05, 4.69) is 4.98 Å². The molecule has 3 aromatic rings. The summed E-state index contributed by atoms with van der Waals surface area (Å²) in [7, 11) is 0. The Labute approximate surface area is 199 Å². The van der Waals surface area contributed by atoms with Gasteiger partial charge < -0.3 is 20.4 Å². The highest BCUT2D eigenvalue weighted by Gasteiger charge is 2.22. The van der Waals surface area contributed by atoms with Gasteiger partial charge in [0.05, 0.1) is 30.6 Å². The molecule has 0 unspecified atom stereocenters. The first-order valence-electron chi connectivity index (χ1n) is 11.6. The van der Waals surface area contributed by atoms with Crippen molar-refractivity contribution >= 4 is 22.8 Å². The SMILES string of the molecule is Cc1cc2[nH]c(=O)n(CCCOc3ccccc3)c2c(CC(=O)N(CC(N)=O)CC(C)C)c1C. The Morgan fingerprint density at radius 2 is 1.88 bits per heavy atom. The van der Waals surface area contributed by atoms with Gasteiger partial charge in [0.2, 0.25) is 11.8 Å². The maximum Gasteiger partial charge on any atom is 0.326 e. The number of nitrogens with two attached hydrogens (primary N) is 1. The molecule has 8 heteroatoms. The van der Waals surface area contributed by atoms with E-state index in [0.29, 0.717) is 31.6 Å². The summed E-state index contributed by atoms with van der Waals surface area (Å²) in [5, 5.41) is 0. The van der Waals surface area contributed by atoms with Crippen molar-refractivity contribution in [1.29, 1.82) is 0 Å². The number of fused-ring (bicyclic) bond motifs is 1. The van der Waals surface area contributed by atoms with Gasteiger partial charge in [0, 0.05) is 13.1 Å². The zero-order valence-electron chi connectivity index (χ0n) is 20.4. The number of carbonyl (C=O) groups is 2. The van der Waals surface area contributed by atoms with E-state index in [1.807, 2.05) is 64.1 Å². The zero-order valence-corrected chi connectivity index (χ0v) is 20.4. The number of aryl methyl sites for hydroxylation is 2. The van der Waals surface area contributed by atoms with Crippen LogP contribution in [0.5, 0.6) is 5.75 Å². The molecule has 0 aliphatic carbocycles. The first-order valence-corrected chi connectivity index (χ1v) is 11.6. The largest absolute Gasteiger partial charge is 0.494 e. The number of H-pyrrole nitrogens is 1. The van der Waals surface area contributed by atoms with Crippen LogP contribution in [0.2, 0.25) is 0 Å². The van der Waals surface area contributed by atoms with Crippen LogP contribution in [-0.4, -0.2) is 46.0 Å². The molecule has 0 saturated carbocycles. The summed E-state index contributed by atoms with van der Waals surface area (Å²) in [6.07, 6.45) is 0.713. The van der Waals surface area contributed by atoms with Gasteiger partial charge in [-0.25, -0.2) is 4.79 Å². The second-order valence-corrected chi connectivity index (χ2v) is 9.10. The van der Waals surface area contributed by atoms with Crippen LogP contribution in [0.25, 0.3) is 11.0 Å². The molecule has 3 N–H and O–H groups in total. The molecule has 34 heavy (non-hydrogen) atoms. The maximum absolute atomic E-state index is 13.2. The lowest BCUT2D eigenvalue weighted by atomic mass is 9.98. The topological polar surface area (TPSA) is 110 Å². The van der Waals surface area contributed by atoms with Gasteiger partial charge in [-0.15, -0.1) is 0 Å². The third-order valence-electron chi connectivity index (χ3n) is 5.85. The molecule has 1 aromatic heterocycles. The molecule has 0 bridgehead atoms. The summed E-state index contributed by atoms with van der Waals surface area (Å²) in [5.41, 5.74) is 9.33. The van der Waals surface area contributed by atoms with Gasteiger partial charge in [0.1, 0.15) is 5.75 Å². The van der Waals surface area contributed by atoms with Crippen molar-refractivity contribution in [3.63, 3.8) is 0 Å². The molecular weight excluding hydrogens is 432 g/mol. The number of nitrogens with zero attached hydrogens (tertiary/aromatic N) is 2. The van der Waals surface area contributed by atoms with E-state index < -0.39 is 5.91 Å². The van der Waals surface area contributed by atoms with E-state index in [-0.39, 0.29) is 30.5 Å². The number of primary amides is 1. The van der Waals surface area contributed by atoms with Crippen LogP contribution >= 0.6 is 0 Å². The Kier molecular flexibility index (Phi) is 8.15. The van der Waals surface area contributed by atoms with Crippen LogP contribution in [-0.2, 0) is 22.6 Å². The summed E-state index contributed by atoms with van der Waals surface area (Å²) >= 11 is 0. The Balaban J connectivity index is 1.88. The number of rotatable bonds is 11. The number of aromatic amines is 1. The predicted molar refractivity (Wildman–Crippen MR) is 133 cm³/mol. The fraction of sp³-hybridized carbons (Fsp3) is 0.423. The van der Waals surface area contributed by atoms with Crippen molar-refractivity contribution in [1.82, 2.24) is 14.5 Å². The molecular formula is C26H34N4O4. The van der Waals surface area contributed by atoms with Gasteiger partial charge in [0.25, 0.3) is 0 Å². The standard InChI is InChI=1S/C26H34N4O4/c1-17(2)15-29(16-23(27)31)24(32)14-21-19(4)18(3)13-22-25(21)30(26(33)28-22)11-8-12-34-20-9-6-5-7-10-20/h5-7,9-10,13,17H,8,11-12,14-16H2,1-4H3,(H2,27,31)(H,28,33). The second-order valence-electron chi connectivity index (χ2n) is 9.10. The van der Waals surface area contributed by atoms with Crippen molar-refractivity contribution in [2.75, 3.05) is 19.7 Å². The predicted octanol–water partition coefficient (Wildman–Crippen LogP) is 2.93. The Bertz CT molecular complexity index is 1210. The first kappa shape index (κ1) is 25.1. The minimum atomic E-state index is -0.544. The second kappa shape index (κ2) is 11.0. The molecule has 2 amide bonds. The molecule has 0 aliphatic rings. The Morgan fingerprint density at radius 1 is 1.18 bits per heavy atom. The van der Waals surface area contributed by atoms with Gasteiger partial charge in [-0.3, -0.25) is 14.2 Å². The summed E-state index contributed by atoms with van der Waals surface area (Å²) in [6, 6.07) is 11.5. The molecule has 0 fully saturated rings. The number of aromatic nitrogens is 2. The maximum atomic E-state index is 13.2. The van der Waals surface area contributed by atoms with Crippen molar-refractivity contribution in [3.05, 3.63) is 63.6 Å². The fourth-order valence-electron chi connectivity index (χ4n) is 4.16. The number of imidazole rings is 1. The smallest absolute Gasteiger partial charge is 0.326 e. The van der Waals surface area contributed by atoms with Gasteiger partial charge in [-0.05, 0) is 61.1 Å². The van der Waals surface area contributed by atoms with E-state index in [1.54, 1.807) is 4.57 Å². The van der Waals surface area contributed by atoms with Gasteiger partial charge in [-0.2, -0.15) is 0 Å². The third-order valence-corrected chi connectivity index (χ3v) is 5.85. The Morgan fingerprint density at radius 3 is 2.53 bits per heavy atom. The number of hydrogen-bond donors (Lipinski definition) is 2. The summed E-state index contributed by atoms with van der Waals surface area (Å²) in [5.74, 6) is 0.246. The van der Waals surface area contributed by atoms with Gasteiger partial charge >= 0.3 is 5.69 Å². The van der Waals surface area contributed by atoms with Crippen molar-refractivity contribution < 1.29 is 14.3 Å². The fourth-order valence-corrected chi connectivity index (χ4v) is 4.16. The van der Waals surface area contributed by atoms with Crippen molar-refractivity contribution in [2.45, 2.75) is 47.1 Å². The van der Waals surface area contributed by atoms with Crippen LogP contribution < -0.4 is 16.2 Å². The molecule has 2 aromatic carbocycles. The lowest BCUT2D eigenvalue weighted by molar-refractivity contribution is -0.135. The molecule has 3 rings (SSSR count). The normalized spacial score (nSPS) is 11.2. The highest BCUT2D eigenvalue weighted by Crippen LogP contribution is 2.25. The number of carbonyl (C=O) groups excluding carboxylic acids is 2. The molecule has 1 heterocycles. The average molecular weight is 467 g/mol. The molecule has 182 valence electrons. The van der Waals surface area contributed by atoms with E-state index in [0.717, 1.165) is 28.0 Å². The molecule has 0 aliphatic heterocycles. The minimum Gasteiger partial charge on any atom is -0.494 e. The highest BCUT2D eigenvalue weighted by atomic mass is 16.5. The molecule has 0 saturated heterocycles. The molecule has 8 nitrogen and oxygen atoms in total. The quantitative estimate of drug-likeness (QED) is 0.423. The lowest BCUT2D eigenvalue weighted by Crippen LogP contribution is -2.41. The monoisotopic (exact) mass is 466 g/mol. The number of amides is 2. The minimum absolute atomic E-state index is 0.0851. The van der Waals surface area contributed by atoms with Gasteiger partial charge in [0.15, 0.2) is 0 Å². The molecule has 0 spiro atoms. The Hall–Kier alpha value is -3.55. The number of nitrogens with one attached hydrogen (secondary N) is 1. The molecule has 0 radical (unpaired) electrons.